The average molecular weight is 381 g/mol. The van der Waals surface area contributed by atoms with Crippen molar-refractivity contribution in [1.29, 1.82) is 0 Å². The summed E-state index contributed by atoms with van der Waals surface area (Å²) in [5.74, 6) is 0.206. The van der Waals surface area contributed by atoms with Crippen LogP contribution in [0.1, 0.15) is 53.4 Å². The van der Waals surface area contributed by atoms with Crippen molar-refractivity contribution in [1.82, 2.24) is 4.90 Å². The van der Waals surface area contributed by atoms with E-state index in [1.54, 1.807) is 11.0 Å². The number of para-hydroxylation sites is 1. The first-order valence-electron chi connectivity index (χ1n) is 10.6. The minimum Gasteiger partial charge on any atom is -0.288 e. The molecule has 1 aromatic carbocycles. The monoisotopic (exact) mass is 380 g/mol. The molecular weight excluding hydrogens is 348 g/mol. The number of hydrogen-bond acceptors (Lipinski definition) is 2. The van der Waals surface area contributed by atoms with Gasteiger partial charge in [0.2, 0.25) is 5.91 Å². The van der Waals surface area contributed by atoms with Crippen molar-refractivity contribution in [2.75, 3.05) is 4.90 Å². The maximum Gasteiger partial charge on any atom is 0.331 e. The number of urea groups is 1. The lowest BCUT2D eigenvalue weighted by atomic mass is 9.68. The Kier molecular flexibility index (Phi) is 4.44. The van der Waals surface area contributed by atoms with Crippen molar-refractivity contribution in [3.8, 4) is 0 Å². The van der Waals surface area contributed by atoms with Crippen molar-refractivity contribution in [3.63, 3.8) is 0 Å². The molecule has 0 radical (unpaired) electrons. The van der Waals surface area contributed by atoms with E-state index in [1.165, 1.54) is 0 Å². The minimum absolute atomic E-state index is 0.0228. The van der Waals surface area contributed by atoms with Crippen LogP contribution in [0.4, 0.5) is 10.5 Å². The second kappa shape index (κ2) is 6.47. The third kappa shape index (κ3) is 2.29. The van der Waals surface area contributed by atoms with Crippen LogP contribution < -0.4 is 4.90 Å². The second-order valence-electron chi connectivity index (χ2n) is 9.55. The van der Waals surface area contributed by atoms with Gasteiger partial charge in [0.1, 0.15) is 0 Å². The van der Waals surface area contributed by atoms with E-state index in [9.17, 15) is 9.59 Å². The summed E-state index contributed by atoms with van der Waals surface area (Å²) in [6, 6.07) is 9.75. The fraction of sp³-hybridized carbons (Fsp3) is 0.583. The van der Waals surface area contributed by atoms with E-state index < -0.39 is 0 Å². The highest BCUT2D eigenvalue weighted by atomic mass is 16.2. The lowest BCUT2D eigenvalue weighted by Crippen LogP contribution is -2.52. The zero-order valence-corrected chi connectivity index (χ0v) is 17.5. The van der Waals surface area contributed by atoms with E-state index >= 15 is 0 Å². The van der Waals surface area contributed by atoms with Crippen LogP contribution in [0.25, 0.3) is 0 Å². The molecule has 2 saturated carbocycles. The van der Waals surface area contributed by atoms with Gasteiger partial charge >= 0.3 is 6.03 Å². The molecule has 1 aromatic rings. The van der Waals surface area contributed by atoms with Gasteiger partial charge in [0.05, 0.1) is 12.1 Å². The third-order valence-corrected chi connectivity index (χ3v) is 8.32. The van der Waals surface area contributed by atoms with Crippen LogP contribution in [-0.2, 0) is 4.79 Å². The van der Waals surface area contributed by atoms with Crippen molar-refractivity contribution in [3.05, 3.63) is 43.0 Å². The molecule has 0 aromatic heterocycles. The number of carbonyl (C=O) groups is 2. The zero-order chi connectivity index (χ0) is 20.3. The number of anilines is 1. The number of hydrogen-bond donors (Lipinski definition) is 0. The first kappa shape index (κ1) is 19.2. The predicted molar refractivity (Wildman–Crippen MR) is 112 cm³/mol. The van der Waals surface area contributed by atoms with Gasteiger partial charge in [0.15, 0.2) is 0 Å². The van der Waals surface area contributed by atoms with Crippen LogP contribution in [0.2, 0.25) is 0 Å². The Bertz CT molecular complexity index is 802. The van der Waals surface area contributed by atoms with Gasteiger partial charge in [0, 0.05) is 11.6 Å². The fourth-order valence-corrected chi connectivity index (χ4v) is 6.35. The van der Waals surface area contributed by atoms with Gasteiger partial charge in [-0.25, -0.2) is 4.79 Å². The molecule has 3 amide bonds. The molecule has 0 N–H and O–H groups in total. The molecule has 150 valence electrons. The van der Waals surface area contributed by atoms with Crippen molar-refractivity contribution < 1.29 is 9.59 Å². The summed E-state index contributed by atoms with van der Waals surface area (Å²) >= 11 is 0. The third-order valence-electron chi connectivity index (χ3n) is 8.32. The largest absolute Gasteiger partial charge is 0.331 e. The fourth-order valence-electron chi connectivity index (χ4n) is 6.35. The lowest BCUT2D eigenvalue weighted by molar-refractivity contribution is -0.135. The minimum atomic E-state index is -0.177. The number of fused-ring (bicyclic) bond motifs is 5. The van der Waals surface area contributed by atoms with Crippen LogP contribution >= 0.6 is 0 Å². The van der Waals surface area contributed by atoms with E-state index in [1.807, 2.05) is 42.2 Å². The Morgan fingerprint density at radius 2 is 1.96 bits per heavy atom. The van der Waals surface area contributed by atoms with Crippen LogP contribution in [0.15, 0.2) is 43.0 Å². The average Bonchev–Trinajstić information content (AvgIpc) is 3.17. The summed E-state index contributed by atoms with van der Waals surface area (Å²) in [6.07, 6.45) is 5.33. The molecule has 4 nitrogen and oxygen atoms in total. The Morgan fingerprint density at radius 1 is 1.29 bits per heavy atom. The molecule has 3 aliphatic rings. The molecule has 1 heterocycles. The van der Waals surface area contributed by atoms with Crippen LogP contribution in [0.5, 0.6) is 0 Å². The van der Waals surface area contributed by atoms with E-state index in [-0.39, 0.29) is 40.8 Å². The molecule has 3 fully saturated rings. The highest BCUT2D eigenvalue weighted by molar-refractivity contribution is 6.07. The number of amides is 3. The van der Waals surface area contributed by atoms with Crippen LogP contribution in [0, 0.1) is 22.7 Å². The van der Waals surface area contributed by atoms with Gasteiger partial charge in [-0.05, 0) is 54.6 Å². The van der Waals surface area contributed by atoms with Crippen LogP contribution in [-0.4, -0.2) is 28.9 Å². The van der Waals surface area contributed by atoms with E-state index in [2.05, 4.69) is 27.4 Å². The van der Waals surface area contributed by atoms with Crippen molar-refractivity contribution in [2.45, 2.75) is 65.5 Å². The molecule has 4 rings (SSSR count). The van der Waals surface area contributed by atoms with Gasteiger partial charge in [0.25, 0.3) is 0 Å². The van der Waals surface area contributed by atoms with Crippen LogP contribution in [0.3, 0.4) is 0 Å². The van der Waals surface area contributed by atoms with Crippen molar-refractivity contribution in [2.24, 2.45) is 22.7 Å². The molecule has 2 aliphatic carbocycles. The quantitative estimate of drug-likeness (QED) is 0.655. The number of nitrogens with zero attached hydrogens (tertiary/aromatic N) is 2. The van der Waals surface area contributed by atoms with Gasteiger partial charge in [-0.2, -0.15) is 0 Å². The Morgan fingerprint density at radius 3 is 2.57 bits per heavy atom. The zero-order valence-electron chi connectivity index (χ0n) is 17.5. The second-order valence-corrected chi connectivity index (χ2v) is 9.55. The normalized spacial score (nSPS) is 33.9. The Balaban J connectivity index is 1.83. The lowest BCUT2D eigenvalue weighted by Gasteiger charge is -2.41. The van der Waals surface area contributed by atoms with E-state index in [0.717, 1.165) is 24.9 Å². The number of carbonyl (C=O) groups excluding carboxylic acids is 2. The highest BCUT2D eigenvalue weighted by Crippen LogP contribution is 2.69. The highest BCUT2D eigenvalue weighted by Gasteiger charge is 2.73. The SMILES string of the molecule is C=CC[C@@H](CC)C(=O)N1C(=O)N(c2ccccc2)[C@@H]2[C@H]3CC[C@@](C)([C@@H]21)C3(C)C. The molecule has 1 saturated heterocycles. The Labute approximate surface area is 168 Å². The smallest absolute Gasteiger partial charge is 0.288 e. The Hall–Kier alpha value is -2.10. The number of rotatable bonds is 5. The molecule has 28 heavy (non-hydrogen) atoms. The van der Waals surface area contributed by atoms with Gasteiger partial charge in [-0.15, -0.1) is 6.58 Å². The summed E-state index contributed by atoms with van der Waals surface area (Å²) in [4.78, 5) is 30.8. The summed E-state index contributed by atoms with van der Waals surface area (Å²) in [5, 5.41) is 0. The van der Waals surface area contributed by atoms with Gasteiger partial charge < -0.3 is 0 Å². The number of allylic oxidation sites excluding steroid dienone is 1. The molecule has 0 spiro atoms. The molecule has 2 bridgehead atoms. The summed E-state index contributed by atoms with van der Waals surface area (Å²) < 4.78 is 0. The first-order valence-corrected chi connectivity index (χ1v) is 10.6. The van der Waals surface area contributed by atoms with Crippen molar-refractivity contribution >= 4 is 17.6 Å². The van der Waals surface area contributed by atoms with E-state index in [4.69, 9.17) is 0 Å². The number of imide groups is 1. The maximum atomic E-state index is 13.7. The molecule has 0 unspecified atom stereocenters. The van der Waals surface area contributed by atoms with Gasteiger partial charge in [-0.1, -0.05) is 52.0 Å². The molecular formula is C24H32N2O2. The topological polar surface area (TPSA) is 40.6 Å². The summed E-state index contributed by atoms with van der Waals surface area (Å²) in [6.45, 7) is 12.8. The molecule has 1 aliphatic heterocycles. The first-order chi connectivity index (χ1) is 13.3. The number of benzene rings is 1. The molecule has 5 atom stereocenters. The van der Waals surface area contributed by atoms with E-state index in [0.29, 0.717) is 12.3 Å². The summed E-state index contributed by atoms with van der Waals surface area (Å²) in [7, 11) is 0. The van der Waals surface area contributed by atoms with Gasteiger partial charge in [-0.3, -0.25) is 14.6 Å². The summed E-state index contributed by atoms with van der Waals surface area (Å²) in [5.41, 5.74) is 0.944. The predicted octanol–water partition coefficient (Wildman–Crippen LogP) is 5.25. The standard InChI is InChI=1S/C24H32N2O2/c1-6-11-16(7-2)21(27)26-20-19(18-14-15-24(20,5)23(18,3)4)25(22(26)28)17-12-9-8-10-13-17/h6,8-10,12-13,16,18-20H,1,7,11,14-15H2,2-5H3/t16-,18-,19-,20-,24+/m1/s1. The molecule has 4 heteroatoms. The maximum absolute atomic E-state index is 13.7.